The number of aryl methyl sites for hydroxylation is 2. The van der Waals surface area contributed by atoms with E-state index in [0.29, 0.717) is 5.75 Å². The second-order valence-electron chi connectivity index (χ2n) is 7.16. The highest BCUT2D eigenvalue weighted by Gasteiger charge is 2.23. The standard InChI is InChI=1S/C22H24N2O2/c1-15(2)24(22(25)26-17-8-4-3-5-9-17)16-12-13-21-19(14-16)18-10-6-7-11-20(18)23-21/h3-5,8-9,12-15,23H,6-7,10-11H2,1-2H3. The average molecular weight is 348 g/mol. The second-order valence-corrected chi connectivity index (χ2v) is 7.16. The Morgan fingerprint density at radius 1 is 1.08 bits per heavy atom. The molecule has 0 bridgehead atoms. The number of ether oxygens (including phenoxy) is 1. The lowest BCUT2D eigenvalue weighted by Crippen LogP contribution is -2.39. The third-order valence-corrected chi connectivity index (χ3v) is 5.02. The molecule has 0 atom stereocenters. The van der Waals surface area contributed by atoms with Gasteiger partial charge in [-0.2, -0.15) is 0 Å². The van der Waals surface area contributed by atoms with Gasteiger partial charge in [-0.05, 0) is 75.4 Å². The van der Waals surface area contributed by atoms with Crippen molar-refractivity contribution in [2.45, 2.75) is 45.6 Å². The first-order chi connectivity index (χ1) is 12.6. The summed E-state index contributed by atoms with van der Waals surface area (Å²) in [6.07, 6.45) is 4.34. The second kappa shape index (κ2) is 6.87. The van der Waals surface area contributed by atoms with Crippen LogP contribution in [-0.4, -0.2) is 17.1 Å². The topological polar surface area (TPSA) is 45.3 Å². The van der Waals surface area contributed by atoms with E-state index in [9.17, 15) is 4.79 Å². The predicted octanol–water partition coefficient (Wildman–Crippen LogP) is 5.46. The molecule has 0 saturated heterocycles. The summed E-state index contributed by atoms with van der Waals surface area (Å²) in [5, 5.41) is 1.23. The normalized spacial score (nSPS) is 13.7. The van der Waals surface area contributed by atoms with Gasteiger partial charge < -0.3 is 9.72 Å². The third kappa shape index (κ3) is 3.07. The summed E-state index contributed by atoms with van der Waals surface area (Å²) in [7, 11) is 0. The molecule has 4 rings (SSSR count). The highest BCUT2D eigenvalue weighted by Crippen LogP contribution is 2.32. The van der Waals surface area contributed by atoms with E-state index in [-0.39, 0.29) is 12.1 Å². The number of nitrogens with one attached hydrogen (secondary N) is 1. The van der Waals surface area contributed by atoms with Crippen LogP contribution in [0.4, 0.5) is 10.5 Å². The number of nitrogens with zero attached hydrogens (tertiary/aromatic N) is 1. The highest BCUT2D eigenvalue weighted by atomic mass is 16.6. The van der Waals surface area contributed by atoms with Crippen LogP contribution in [0.3, 0.4) is 0 Å². The largest absolute Gasteiger partial charge is 0.419 e. The van der Waals surface area contributed by atoms with Gasteiger partial charge in [-0.25, -0.2) is 4.79 Å². The monoisotopic (exact) mass is 348 g/mol. The molecule has 1 amide bonds. The van der Waals surface area contributed by atoms with Crippen LogP contribution in [0.25, 0.3) is 10.9 Å². The molecule has 4 heteroatoms. The third-order valence-electron chi connectivity index (χ3n) is 5.02. The Bertz CT molecular complexity index is 928. The lowest BCUT2D eigenvalue weighted by atomic mass is 9.95. The van der Waals surface area contributed by atoms with Crippen molar-refractivity contribution in [3.05, 3.63) is 59.8 Å². The van der Waals surface area contributed by atoms with Gasteiger partial charge in [0.15, 0.2) is 0 Å². The van der Waals surface area contributed by atoms with E-state index in [4.69, 9.17) is 4.74 Å². The molecule has 1 N–H and O–H groups in total. The molecule has 0 saturated carbocycles. The van der Waals surface area contributed by atoms with Crippen LogP contribution >= 0.6 is 0 Å². The van der Waals surface area contributed by atoms with Crippen LogP contribution in [0.5, 0.6) is 5.75 Å². The maximum atomic E-state index is 12.8. The quantitative estimate of drug-likeness (QED) is 0.683. The molecule has 134 valence electrons. The van der Waals surface area contributed by atoms with E-state index < -0.39 is 0 Å². The lowest BCUT2D eigenvalue weighted by molar-refractivity contribution is 0.206. The number of benzene rings is 2. The van der Waals surface area contributed by atoms with E-state index in [2.05, 4.69) is 17.1 Å². The Balaban J connectivity index is 1.69. The number of H-pyrrole nitrogens is 1. The number of aromatic nitrogens is 1. The lowest BCUT2D eigenvalue weighted by Gasteiger charge is -2.26. The number of amides is 1. The van der Waals surface area contributed by atoms with Gasteiger partial charge in [-0.3, -0.25) is 4.90 Å². The molecule has 2 aromatic carbocycles. The maximum Gasteiger partial charge on any atom is 0.419 e. The van der Waals surface area contributed by atoms with Crippen molar-refractivity contribution in [3.63, 3.8) is 0 Å². The summed E-state index contributed by atoms with van der Waals surface area (Å²) < 4.78 is 5.58. The van der Waals surface area contributed by atoms with Crippen LogP contribution in [0.2, 0.25) is 0 Å². The Kier molecular flexibility index (Phi) is 4.41. The van der Waals surface area contributed by atoms with E-state index in [1.807, 2.05) is 38.1 Å². The van der Waals surface area contributed by atoms with Gasteiger partial charge in [0.2, 0.25) is 0 Å². The molecule has 1 aromatic heterocycles. The number of para-hydroxylation sites is 1. The van der Waals surface area contributed by atoms with Crippen molar-refractivity contribution >= 4 is 22.7 Å². The van der Waals surface area contributed by atoms with Crippen LogP contribution < -0.4 is 9.64 Å². The van der Waals surface area contributed by atoms with Gasteiger partial charge in [0.05, 0.1) is 0 Å². The number of aromatic amines is 1. The molecule has 0 spiro atoms. The molecule has 3 aromatic rings. The first-order valence-electron chi connectivity index (χ1n) is 9.33. The molecule has 0 fully saturated rings. The fourth-order valence-corrected chi connectivity index (χ4v) is 3.80. The average Bonchev–Trinajstić information content (AvgIpc) is 3.00. The number of carbonyl (C=O) groups excluding carboxylic acids is 1. The molecule has 1 heterocycles. The van der Waals surface area contributed by atoms with Crippen molar-refractivity contribution in [2.24, 2.45) is 0 Å². The van der Waals surface area contributed by atoms with Gasteiger partial charge in [0, 0.05) is 28.3 Å². The number of fused-ring (bicyclic) bond motifs is 3. The smallest absolute Gasteiger partial charge is 0.410 e. The molecule has 0 unspecified atom stereocenters. The van der Waals surface area contributed by atoms with E-state index in [0.717, 1.165) is 24.0 Å². The van der Waals surface area contributed by atoms with Crippen molar-refractivity contribution in [2.75, 3.05) is 4.90 Å². The first-order valence-corrected chi connectivity index (χ1v) is 9.33. The fourth-order valence-electron chi connectivity index (χ4n) is 3.80. The minimum atomic E-state index is -0.352. The zero-order chi connectivity index (χ0) is 18.1. The predicted molar refractivity (Wildman–Crippen MR) is 105 cm³/mol. The molecular formula is C22H24N2O2. The summed E-state index contributed by atoms with van der Waals surface area (Å²) in [5.41, 5.74) is 4.79. The Morgan fingerprint density at radius 3 is 2.62 bits per heavy atom. The van der Waals surface area contributed by atoms with Gasteiger partial charge in [0.1, 0.15) is 5.75 Å². The van der Waals surface area contributed by atoms with Gasteiger partial charge in [0.25, 0.3) is 0 Å². The zero-order valence-corrected chi connectivity index (χ0v) is 15.3. The molecule has 1 aliphatic carbocycles. The number of hydrogen-bond donors (Lipinski definition) is 1. The van der Waals surface area contributed by atoms with Crippen molar-refractivity contribution < 1.29 is 9.53 Å². The Morgan fingerprint density at radius 2 is 1.85 bits per heavy atom. The summed E-state index contributed by atoms with van der Waals surface area (Å²) in [6.45, 7) is 4.01. The summed E-state index contributed by atoms with van der Waals surface area (Å²) >= 11 is 0. The number of carbonyl (C=O) groups is 1. The van der Waals surface area contributed by atoms with Crippen LogP contribution in [0.15, 0.2) is 48.5 Å². The fraction of sp³-hybridized carbons (Fsp3) is 0.318. The zero-order valence-electron chi connectivity index (χ0n) is 15.3. The van der Waals surface area contributed by atoms with Gasteiger partial charge in [-0.15, -0.1) is 0 Å². The number of anilines is 1. The van der Waals surface area contributed by atoms with Gasteiger partial charge in [-0.1, -0.05) is 18.2 Å². The molecule has 1 aliphatic rings. The number of rotatable bonds is 3. The van der Waals surface area contributed by atoms with E-state index in [1.165, 1.54) is 29.5 Å². The van der Waals surface area contributed by atoms with Crippen molar-refractivity contribution in [1.29, 1.82) is 0 Å². The van der Waals surface area contributed by atoms with Crippen molar-refractivity contribution in [3.8, 4) is 5.75 Å². The number of hydrogen-bond acceptors (Lipinski definition) is 2. The molecule has 26 heavy (non-hydrogen) atoms. The van der Waals surface area contributed by atoms with E-state index >= 15 is 0 Å². The van der Waals surface area contributed by atoms with Crippen LogP contribution in [0, 0.1) is 0 Å². The highest BCUT2D eigenvalue weighted by molar-refractivity contribution is 5.95. The van der Waals surface area contributed by atoms with Crippen LogP contribution in [-0.2, 0) is 12.8 Å². The molecule has 0 aliphatic heterocycles. The minimum Gasteiger partial charge on any atom is -0.410 e. The summed E-state index contributed by atoms with van der Waals surface area (Å²) in [5.74, 6) is 0.559. The van der Waals surface area contributed by atoms with Crippen LogP contribution in [0.1, 0.15) is 37.9 Å². The first kappa shape index (κ1) is 16.7. The van der Waals surface area contributed by atoms with Gasteiger partial charge >= 0.3 is 6.09 Å². The molecule has 4 nitrogen and oxygen atoms in total. The SMILES string of the molecule is CC(C)N(C(=O)Oc1ccccc1)c1ccc2[nH]c3c(c2c1)CCCC3. The molecular weight excluding hydrogens is 324 g/mol. The maximum absolute atomic E-state index is 12.8. The summed E-state index contributed by atoms with van der Waals surface area (Å²) in [6, 6.07) is 15.4. The Hall–Kier alpha value is -2.75. The molecule has 0 radical (unpaired) electrons. The summed E-state index contributed by atoms with van der Waals surface area (Å²) in [4.78, 5) is 18.1. The minimum absolute atomic E-state index is 0.00145. The van der Waals surface area contributed by atoms with Crippen molar-refractivity contribution in [1.82, 2.24) is 4.98 Å². The Labute approximate surface area is 153 Å². The van der Waals surface area contributed by atoms with E-state index in [1.54, 1.807) is 17.0 Å².